The van der Waals surface area contributed by atoms with Gasteiger partial charge in [-0.2, -0.15) is 0 Å². The van der Waals surface area contributed by atoms with E-state index in [1.165, 1.54) is 16.7 Å². The lowest BCUT2D eigenvalue weighted by molar-refractivity contribution is 0.0698. The number of hydrogen-bond acceptors (Lipinski definition) is 3. The van der Waals surface area contributed by atoms with Crippen LogP contribution in [0, 0.1) is 6.92 Å². The largest absolute Gasteiger partial charge is 0.488 e. The summed E-state index contributed by atoms with van der Waals surface area (Å²) in [7, 11) is 0. The van der Waals surface area contributed by atoms with Crippen LogP contribution in [-0.4, -0.2) is 11.1 Å². The first-order valence-electron chi connectivity index (χ1n) is 10.2. The number of allylic oxidation sites excluding steroid dienone is 2. The molecule has 3 aromatic carbocycles. The van der Waals surface area contributed by atoms with Crippen molar-refractivity contribution < 1.29 is 14.6 Å². The summed E-state index contributed by atoms with van der Waals surface area (Å²) in [5.74, 6) is -0.148. The van der Waals surface area contributed by atoms with E-state index in [2.05, 4.69) is 31.2 Å². The van der Waals surface area contributed by atoms with Crippen molar-refractivity contribution >= 4 is 22.8 Å². The Morgan fingerprint density at radius 1 is 1.00 bits per heavy atom. The van der Waals surface area contributed by atoms with Gasteiger partial charge in [0.05, 0.1) is 5.56 Å². The first-order valence-corrected chi connectivity index (χ1v) is 10.2. The molecule has 0 fully saturated rings. The second-order valence-electron chi connectivity index (χ2n) is 7.69. The smallest absolute Gasteiger partial charge is 0.337 e. The van der Waals surface area contributed by atoms with Gasteiger partial charge in [0.25, 0.3) is 0 Å². The number of anilines is 1. The summed E-state index contributed by atoms with van der Waals surface area (Å²) in [4.78, 5) is 11.5. The van der Waals surface area contributed by atoms with Crippen LogP contribution < -0.4 is 10.5 Å². The third kappa shape index (κ3) is 4.08. The topological polar surface area (TPSA) is 72.5 Å². The number of benzene rings is 3. The molecule has 30 heavy (non-hydrogen) atoms. The van der Waals surface area contributed by atoms with Crippen molar-refractivity contribution in [3.8, 4) is 5.75 Å². The minimum Gasteiger partial charge on any atom is -0.488 e. The molecule has 4 rings (SSSR count). The average molecular weight is 399 g/mol. The van der Waals surface area contributed by atoms with Gasteiger partial charge in [0.15, 0.2) is 0 Å². The first kappa shape index (κ1) is 19.8. The summed E-state index contributed by atoms with van der Waals surface area (Å²) in [6.45, 7) is 2.58. The summed E-state index contributed by atoms with van der Waals surface area (Å²) in [6, 6.07) is 21.7. The van der Waals surface area contributed by atoms with Crippen LogP contribution in [0.15, 0.2) is 66.7 Å². The van der Waals surface area contributed by atoms with Crippen molar-refractivity contribution in [2.45, 2.75) is 32.8 Å². The van der Waals surface area contributed by atoms with E-state index in [0.29, 0.717) is 6.61 Å². The van der Waals surface area contributed by atoms with Crippen LogP contribution in [-0.2, 0) is 6.61 Å². The normalized spacial score (nSPS) is 13.5. The molecule has 0 aromatic heterocycles. The van der Waals surface area contributed by atoms with Gasteiger partial charge in [-0.25, -0.2) is 4.79 Å². The molecule has 1 aliphatic carbocycles. The molecule has 0 saturated carbocycles. The Kier molecular flexibility index (Phi) is 5.57. The molecular weight excluding hydrogens is 374 g/mol. The van der Waals surface area contributed by atoms with Gasteiger partial charge >= 0.3 is 5.97 Å². The van der Waals surface area contributed by atoms with Crippen LogP contribution >= 0.6 is 0 Å². The summed E-state index contributed by atoms with van der Waals surface area (Å²) in [5, 5.41) is 9.46. The fourth-order valence-corrected chi connectivity index (χ4v) is 4.03. The van der Waals surface area contributed by atoms with E-state index < -0.39 is 5.97 Å². The van der Waals surface area contributed by atoms with Gasteiger partial charge in [-0.15, -0.1) is 0 Å². The van der Waals surface area contributed by atoms with Crippen LogP contribution in [0.3, 0.4) is 0 Å². The highest BCUT2D eigenvalue weighted by atomic mass is 16.5. The van der Waals surface area contributed by atoms with E-state index in [0.717, 1.165) is 41.7 Å². The third-order valence-corrected chi connectivity index (χ3v) is 5.55. The van der Waals surface area contributed by atoms with Crippen LogP contribution in [0.2, 0.25) is 0 Å². The lowest BCUT2D eigenvalue weighted by atomic mass is 9.94. The fraction of sp³-hybridized carbons (Fsp3) is 0.192. The van der Waals surface area contributed by atoms with Gasteiger partial charge in [-0.1, -0.05) is 48.0 Å². The predicted molar refractivity (Wildman–Crippen MR) is 120 cm³/mol. The molecule has 4 heteroatoms. The summed E-state index contributed by atoms with van der Waals surface area (Å²) in [5.41, 5.74) is 13.0. The van der Waals surface area contributed by atoms with Gasteiger partial charge in [0, 0.05) is 11.3 Å². The molecule has 0 heterocycles. The standard InChI is InChI=1S/C26H25NO3/c1-17-10-13-25(30-16-18-6-3-2-4-7-18)22(14-17)21-9-5-8-20(21)19-11-12-24(27)23(15-19)26(28)29/h2-4,6-7,10-15H,5,8-9,16,27H2,1H3,(H,28,29). The molecule has 0 bridgehead atoms. The number of rotatable bonds is 6. The maximum atomic E-state index is 11.5. The minimum atomic E-state index is -1.00. The zero-order valence-electron chi connectivity index (χ0n) is 17.0. The van der Waals surface area contributed by atoms with Gasteiger partial charge in [-0.3, -0.25) is 0 Å². The van der Waals surface area contributed by atoms with Crippen molar-refractivity contribution in [1.29, 1.82) is 0 Å². The van der Waals surface area contributed by atoms with Crippen molar-refractivity contribution in [1.82, 2.24) is 0 Å². The first-order chi connectivity index (χ1) is 14.5. The van der Waals surface area contributed by atoms with Crippen LogP contribution in [0.25, 0.3) is 11.1 Å². The van der Waals surface area contributed by atoms with Gasteiger partial charge in [0.2, 0.25) is 0 Å². The Morgan fingerprint density at radius 2 is 1.77 bits per heavy atom. The van der Waals surface area contributed by atoms with Gasteiger partial charge in [0.1, 0.15) is 12.4 Å². The maximum Gasteiger partial charge on any atom is 0.337 e. The highest BCUT2D eigenvalue weighted by Gasteiger charge is 2.22. The monoisotopic (exact) mass is 399 g/mol. The molecule has 3 aromatic rings. The molecule has 0 saturated heterocycles. The number of carbonyl (C=O) groups is 1. The Labute approximate surface area is 176 Å². The summed E-state index contributed by atoms with van der Waals surface area (Å²) >= 11 is 0. The van der Waals surface area contributed by atoms with E-state index in [-0.39, 0.29) is 11.3 Å². The van der Waals surface area contributed by atoms with Crippen molar-refractivity contribution in [3.05, 3.63) is 94.5 Å². The maximum absolute atomic E-state index is 11.5. The molecule has 3 N–H and O–H groups in total. The number of carboxylic acids is 1. The third-order valence-electron chi connectivity index (χ3n) is 5.55. The quantitative estimate of drug-likeness (QED) is 0.503. The average Bonchev–Trinajstić information content (AvgIpc) is 3.23. The van der Waals surface area contributed by atoms with Gasteiger partial charge < -0.3 is 15.6 Å². The number of aromatic carboxylic acids is 1. The molecule has 152 valence electrons. The van der Waals surface area contributed by atoms with E-state index in [1.54, 1.807) is 12.1 Å². The Morgan fingerprint density at radius 3 is 2.53 bits per heavy atom. The number of ether oxygens (including phenoxy) is 1. The molecule has 0 aliphatic heterocycles. The molecule has 0 atom stereocenters. The molecule has 0 unspecified atom stereocenters. The number of nitrogen functional groups attached to an aromatic ring is 1. The van der Waals surface area contributed by atoms with Crippen molar-refractivity contribution in [2.75, 3.05) is 5.73 Å². The number of nitrogens with two attached hydrogens (primary N) is 1. The lowest BCUT2D eigenvalue weighted by Gasteiger charge is -2.16. The number of aryl methyl sites for hydroxylation is 1. The fourth-order valence-electron chi connectivity index (χ4n) is 4.03. The molecular formula is C26H25NO3. The predicted octanol–water partition coefficient (Wildman–Crippen LogP) is 5.95. The van der Waals surface area contributed by atoms with Crippen LogP contribution in [0.1, 0.15) is 51.9 Å². The number of hydrogen-bond donors (Lipinski definition) is 2. The molecule has 0 radical (unpaired) electrons. The Hall–Kier alpha value is -3.53. The molecule has 0 amide bonds. The number of carboxylic acid groups (broad SMARTS) is 1. The highest BCUT2D eigenvalue weighted by molar-refractivity contribution is 5.98. The lowest BCUT2D eigenvalue weighted by Crippen LogP contribution is -2.03. The zero-order chi connectivity index (χ0) is 21.1. The Bertz CT molecular complexity index is 1120. The van der Waals surface area contributed by atoms with Gasteiger partial charge in [-0.05, 0) is 72.7 Å². The van der Waals surface area contributed by atoms with E-state index in [4.69, 9.17) is 10.5 Å². The second-order valence-corrected chi connectivity index (χ2v) is 7.69. The van der Waals surface area contributed by atoms with E-state index >= 15 is 0 Å². The zero-order valence-corrected chi connectivity index (χ0v) is 17.0. The van der Waals surface area contributed by atoms with Crippen molar-refractivity contribution in [2.24, 2.45) is 0 Å². The SMILES string of the molecule is Cc1ccc(OCc2ccccc2)c(C2=C(c3ccc(N)c(C(=O)O)c3)CCC2)c1. The molecule has 0 spiro atoms. The van der Waals surface area contributed by atoms with Crippen LogP contribution in [0.5, 0.6) is 5.75 Å². The van der Waals surface area contributed by atoms with Crippen LogP contribution in [0.4, 0.5) is 5.69 Å². The minimum absolute atomic E-state index is 0.149. The summed E-state index contributed by atoms with van der Waals surface area (Å²) < 4.78 is 6.21. The molecule has 1 aliphatic rings. The summed E-state index contributed by atoms with van der Waals surface area (Å²) in [6.07, 6.45) is 2.88. The Balaban J connectivity index is 1.74. The van der Waals surface area contributed by atoms with E-state index in [9.17, 15) is 9.90 Å². The van der Waals surface area contributed by atoms with Crippen molar-refractivity contribution in [3.63, 3.8) is 0 Å². The second kappa shape index (κ2) is 8.46. The van der Waals surface area contributed by atoms with E-state index in [1.807, 2.05) is 30.3 Å². The molecule has 4 nitrogen and oxygen atoms in total. The highest BCUT2D eigenvalue weighted by Crippen LogP contribution is 2.43.